The molecule has 146 valence electrons. The highest BCUT2D eigenvalue weighted by Crippen LogP contribution is 2.40. The van der Waals surface area contributed by atoms with Gasteiger partial charge >= 0.3 is 0 Å². The maximum absolute atomic E-state index is 12.1. The van der Waals surface area contributed by atoms with Gasteiger partial charge in [0, 0.05) is 39.1 Å². The van der Waals surface area contributed by atoms with Crippen LogP contribution in [0, 0.1) is 0 Å². The van der Waals surface area contributed by atoms with E-state index in [4.69, 9.17) is 14.2 Å². The summed E-state index contributed by atoms with van der Waals surface area (Å²) in [7, 11) is 4.76. The van der Waals surface area contributed by atoms with Crippen LogP contribution in [-0.2, 0) is 11.2 Å². The summed E-state index contributed by atoms with van der Waals surface area (Å²) in [6, 6.07) is 3.75. The first-order chi connectivity index (χ1) is 12.7. The fourth-order valence-corrected chi connectivity index (χ4v) is 3.16. The van der Waals surface area contributed by atoms with Gasteiger partial charge in [-0.3, -0.25) is 4.79 Å². The number of carbonyl (C=O) groups is 1. The minimum Gasteiger partial charge on any atom is -0.493 e. The van der Waals surface area contributed by atoms with E-state index in [0.717, 1.165) is 44.7 Å². The lowest BCUT2D eigenvalue weighted by Gasteiger charge is -2.27. The summed E-state index contributed by atoms with van der Waals surface area (Å²) >= 11 is 0. The van der Waals surface area contributed by atoms with Gasteiger partial charge < -0.3 is 29.7 Å². The molecule has 2 rings (SSSR count). The van der Waals surface area contributed by atoms with E-state index < -0.39 is 0 Å². The maximum atomic E-state index is 12.1. The van der Waals surface area contributed by atoms with E-state index in [1.165, 1.54) is 0 Å². The molecule has 1 aromatic rings. The largest absolute Gasteiger partial charge is 0.493 e. The van der Waals surface area contributed by atoms with E-state index in [2.05, 4.69) is 15.5 Å². The quantitative estimate of drug-likeness (QED) is 0.604. The smallest absolute Gasteiger partial charge is 0.220 e. The standard InChI is InChI=1S/C19H31N3O4/c1-24-16-7-5-15(18(25-2)19(16)26-3)6-8-17(23)21-9-4-12-22-13-10-20-11-14-22/h5,7,20H,4,6,8-14H2,1-3H3,(H,21,23). The van der Waals surface area contributed by atoms with Crippen molar-refractivity contribution < 1.29 is 19.0 Å². The zero-order valence-electron chi connectivity index (χ0n) is 16.1. The monoisotopic (exact) mass is 365 g/mol. The zero-order valence-corrected chi connectivity index (χ0v) is 16.1. The molecule has 2 N–H and O–H groups in total. The highest BCUT2D eigenvalue weighted by atomic mass is 16.5. The summed E-state index contributed by atoms with van der Waals surface area (Å²) in [5.74, 6) is 1.86. The highest BCUT2D eigenvalue weighted by molar-refractivity contribution is 5.76. The molecule has 1 aliphatic rings. The Morgan fingerprint density at radius 1 is 1.12 bits per heavy atom. The summed E-state index contributed by atoms with van der Waals surface area (Å²) in [5, 5.41) is 6.34. The summed E-state index contributed by atoms with van der Waals surface area (Å²) in [6.45, 7) is 6.04. The molecule has 0 spiro atoms. The second-order valence-electron chi connectivity index (χ2n) is 6.29. The number of rotatable bonds is 10. The third-order valence-electron chi connectivity index (χ3n) is 4.59. The van der Waals surface area contributed by atoms with Gasteiger partial charge in [0.25, 0.3) is 0 Å². The number of methoxy groups -OCH3 is 3. The van der Waals surface area contributed by atoms with Crippen LogP contribution in [0.15, 0.2) is 12.1 Å². The molecule has 1 fully saturated rings. The van der Waals surface area contributed by atoms with E-state index in [0.29, 0.717) is 36.6 Å². The van der Waals surface area contributed by atoms with Gasteiger partial charge in [-0.05, 0) is 31.0 Å². The third kappa shape index (κ3) is 5.78. The van der Waals surface area contributed by atoms with Crippen LogP contribution < -0.4 is 24.8 Å². The summed E-state index contributed by atoms with van der Waals surface area (Å²) < 4.78 is 16.1. The van der Waals surface area contributed by atoms with Gasteiger partial charge in [-0.2, -0.15) is 0 Å². The van der Waals surface area contributed by atoms with Crippen molar-refractivity contribution in [3.8, 4) is 17.2 Å². The van der Waals surface area contributed by atoms with Crippen LogP contribution >= 0.6 is 0 Å². The second kappa shape index (κ2) is 10.9. The molecular weight excluding hydrogens is 334 g/mol. The lowest BCUT2D eigenvalue weighted by atomic mass is 10.1. The Hall–Kier alpha value is -1.99. The Morgan fingerprint density at radius 2 is 1.85 bits per heavy atom. The molecule has 0 aromatic heterocycles. The Kier molecular flexibility index (Phi) is 8.50. The van der Waals surface area contributed by atoms with Gasteiger partial charge in [0.05, 0.1) is 21.3 Å². The highest BCUT2D eigenvalue weighted by Gasteiger charge is 2.16. The van der Waals surface area contributed by atoms with Gasteiger partial charge in [-0.25, -0.2) is 0 Å². The number of benzene rings is 1. The number of carbonyl (C=O) groups excluding carboxylic acids is 1. The zero-order chi connectivity index (χ0) is 18.8. The fraction of sp³-hybridized carbons (Fsp3) is 0.632. The number of ether oxygens (including phenoxy) is 3. The van der Waals surface area contributed by atoms with Crippen molar-refractivity contribution >= 4 is 5.91 Å². The summed E-state index contributed by atoms with van der Waals surface area (Å²) in [6.07, 6.45) is 1.98. The lowest BCUT2D eigenvalue weighted by molar-refractivity contribution is -0.121. The topological polar surface area (TPSA) is 72.1 Å². The Balaban J connectivity index is 1.76. The molecule has 0 radical (unpaired) electrons. The molecule has 0 atom stereocenters. The first-order valence-corrected chi connectivity index (χ1v) is 9.17. The van der Waals surface area contributed by atoms with E-state index in [9.17, 15) is 4.79 Å². The Morgan fingerprint density at radius 3 is 2.50 bits per heavy atom. The molecule has 0 bridgehead atoms. The SMILES string of the molecule is COc1ccc(CCC(=O)NCCCN2CCNCC2)c(OC)c1OC. The molecule has 0 aliphatic carbocycles. The van der Waals surface area contributed by atoms with Crippen molar-refractivity contribution in [1.82, 2.24) is 15.5 Å². The van der Waals surface area contributed by atoms with Crippen molar-refractivity contribution in [3.63, 3.8) is 0 Å². The normalized spacial score (nSPS) is 14.7. The molecule has 1 heterocycles. The number of nitrogens with one attached hydrogen (secondary N) is 2. The predicted molar refractivity (Wildman–Crippen MR) is 101 cm³/mol. The van der Waals surface area contributed by atoms with Crippen LogP contribution in [0.25, 0.3) is 0 Å². The first kappa shape index (κ1) is 20.3. The van der Waals surface area contributed by atoms with Crippen molar-refractivity contribution in [2.45, 2.75) is 19.3 Å². The van der Waals surface area contributed by atoms with Crippen molar-refractivity contribution in [3.05, 3.63) is 17.7 Å². The average Bonchev–Trinajstić information content (AvgIpc) is 2.69. The van der Waals surface area contributed by atoms with Crippen LogP contribution in [0.4, 0.5) is 0 Å². The van der Waals surface area contributed by atoms with Crippen LogP contribution in [0.2, 0.25) is 0 Å². The molecule has 1 aliphatic heterocycles. The third-order valence-corrected chi connectivity index (χ3v) is 4.59. The van der Waals surface area contributed by atoms with Crippen LogP contribution in [0.5, 0.6) is 17.2 Å². The van der Waals surface area contributed by atoms with E-state index in [-0.39, 0.29) is 5.91 Å². The van der Waals surface area contributed by atoms with Crippen LogP contribution in [-0.4, -0.2) is 71.4 Å². The first-order valence-electron chi connectivity index (χ1n) is 9.17. The molecule has 26 heavy (non-hydrogen) atoms. The predicted octanol–water partition coefficient (Wildman–Crippen LogP) is 1.06. The molecule has 7 heteroatoms. The number of aryl methyl sites for hydroxylation is 1. The van der Waals surface area contributed by atoms with Gasteiger partial charge in [-0.15, -0.1) is 0 Å². The molecule has 0 unspecified atom stereocenters. The number of piperazine rings is 1. The van der Waals surface area contributed by atoms with Gasteiger partial charge in [0.1, 0.15) is 0 Å². The number of amides is 1. The molecule has 1 amide bonds. The van der Waals surface area contributed by atoms with Gasteiger partial charge in [0.2, 0.25) is 11.7 Å². The average molecular weight is 365 g/mol. The van der Waals surface area contributed by atoms with Crippen LogP contribution in [0.3, 0.4) is 0 Å². The maximum Gasteiger partial charge on any atom is 0.220 e. The second-order valence-corrected chi connectivity index (χ2v) is 6.29. The molecular formula is C19H31N3O4. The van der Waals surface area contributed by atoms with E-state index in [1.807, 2.05) is 12.1 Å². The molecule has 0 saturated carbocycles. The summed E-state index contributed by atoms with van der Waals surface area (Å²) in [5.41, 5.74) is 0.932. The van der Waals surface area contributed by atoms with Crippen molar-refractivity contribution in [2.75, 3.05) is 60.6 Å². The van der Waals surface area contributed by atoms with Crippen molar-refractivity contribution in [2.24, 2.45) is 0 Å². The number of nitrogens with zero attached hydrogens (tertiary/aromatic N) is 1. The van der Waals surface area contributed by atoms with E-state index in [1.54, 1.807) is 21.3 Å². The Bertz CT molecular complexity index is 574. The van der Waals surface area contributed by atoms with E-state index >= 15 is 0 Å². The fourth-order valence-electron chi connectivity index (χ4n) is 3.16. The van der Waals surface area contributed by atoms with Gasteiger partial charge in [-0.1, -0.05) is 6.07 Å². The molecule has 7 nitrogen and oxygen atoms in total. The lowest BCUT2D eigenvalue weighted by Crippen LogP contribution is -2.44. The minimum absolute atomic E-state index is 0.0575. The Labute approximate surface area is 156 Å². The van der Waals surface area contributed by atoms with Gasteiger partial charge in [0.15, 0.2) is 11.5 Å². The summed E-state index contributed by atoms with van der Waals surface area (Å²) in [4.78, 5) is 14.5. The van der Waals surface area contributed by atoms with Crippen molar-refractivity contribution in [1.29, 1.82) is 0 Å². The minimum atomic E-state index is 0.0575. The molecule has 1 saturated heterocycles. The number of hydrogen-bond donors (Lipinski definition) is 2. The molecule has 1 aromatic carbocycles. The number of hydrogen-bond acceptors (Lipinski definition) is 6. The van der Waals surface area contributed by atoms with Crippen LogP contribution in [0.1, 0.15) is 18.4 Å².